The summed E-state index contributed by atoms with van der Waals surface area (Å²) < 4.78 is 9.63. The quantitative estimate of drug-likeness (QED) is 0.302. The van der Waals surface area contributed by atoms with Gasteiger partial charge in [-0.3, -0.25) is 9.79 Å². The lowest BCUT2D eigenvalue weighted by molar-refractivity contribution is -0.114. The Morgan fingerprint density at radius 2 is 1.71 bits per heavy atom. The van der Waals surface area contributed by atoms with Gasteiger partial charge in [0.1, 0.15) is 5.75 Å². The fraction of sp³-hybridized carbons (Fsp3) is 0.680. The van der Waals surface area contributed by atoms with Crippen molar-refractivity contribution in [3.63, 3.8) is 0 Å². The number of fused-ring (bicyclic) bond motifs is 1. The maximum atomic E-state index is 11.8. The van der Waals surface area contributed by atoms with Gasteiger partial charge in [-0.05, 0) is 25.3 Å². The third-order valence-electron chi connectivity index (χ3n) is 5.34. The van der Waals surface area contributed by atoms with Crippen LogP contribution in [0.15, 0.2) is 17.1 Å². The van der Waals surface area contributed by atoms with E-state index in [1.807, 2.05) is 0 Å². The average molecular weight is 448 g/mol. The summed E-state index contributed by atoms with van der Waals surface area (Å²) >= 11 is 1.70. The van der Waals surface area contributed by atoms with Crippen molar-refractivity contribution >= 4 is 33.1 Å². The first-order valence-corrected chi connectivity index (χ1v) is 13.0. The van der Waals surface area contributed by atoms with Gasteiger partial charge in [-0.15, -0.1) is 0 Å². The zero-order valence-electron chi connectivity index (χ0n) is 20.0. The van der Waals surface area contributed by atoms with Crippen molar-refractivity contribution < 1.29 is 9.53 Å². The molecule has 0 aliphatic heterocycles. The second-order valence-electron chi connectivity index (χ2n) is 8.24. The van der Waals surface area contributed by atoms with E-state index in [4.69, 9.17) is 9.73 Å². The van der Waals surface area contributed by atoms with E-state index in [2.05, 4.69) is 42.8 Å². The predicted molar refractivity (Wildman–Crippen MR) is 133 cm³/mol. The zero-order chi connectivity index (χ0) is 22.5. The minimum Gasteiger partial charge on any atom is -0.491 e. The second-order valence-corrected chi connectivity index (χ2v) is 9.25. The highest BCUT2D eigenvalue weighted by atomic mass is 32.1. The Morgan fingerprint density at radius 1 is 1.00 bits per heavy atom. The van der Waals surface area contributed by atoms with E-state index in [9.17, 15) is 4.79 Å². The van der Waals surface area contributed by atoms with Gasteiger partial charge in [0.15, 0.2) is 4.80 Å². The number of nitrogens with one attached hydrogen (secondary N) is 1. The van der Waals surface area contributed by atoms with Crippen LogP contribution in [0.4, 0.5) is 5.69 Å². The Hall–Kier alpha value is -1.82. The van der Waals surface area contributed by atoms with Gasteiger partial charge in [0.2, 0.25) is 5.91 Å². The summed E-state index contributed by atoms with van der Waals surface area (Å²) in [5.41, 5.74) is 1.91. The lowest BCUT2D eigenvalue weighted by Gasteiger charge is -2.13. The molecule has 0 atom stereocenters. The van der Waals surface area contributed by atoms with Gasteiger partial charge in [0, 0.05) is 26.1 Å². The molecular formula is C25H41N3O2S. The van der Waals surface area contributed by atoms with Crippen LogP contribution in [0.2, 0.25) is 0 Å². The molecule has 1 heterocycles. The standard InChI is InChI=1S/C25H41N3O2S/c1-5-8-11-12-13-14-17-30-23-19-22-24(18-21(23)27-20(4)29)31-25(26-15-9-6-2)28(22)16-10-7-3/h18-19H,5-17H2,1-4H3,(H,27,29). The highest BCUT2D eigenvalue weighted by molar-refractivity contribution is 7.16. The molecule has 0 spiro atoms. The number of thiazole rings is 1. The molecule has 0 saturated carbocycles. The van der Waals surface area contributed by atoms with Crippen LogP contribution in [0.3, 0.4) is 0 Å². The highest BCUT2D eigenvalue weighted by Gasteiger charge is 2.13. The molecule has 1 aromatic heterocycles. The van der Waals surface area contributed by atoms with Gasteiger partial charge in [-0.25, -0.2) is 0 Å². The molecule has 0 unspecified atom stereocenters. The van der Waals surface area contributed by atoms with Crippen LogP contribution in [0.5, 0.6) is 5.75 Å². The molecular weight excluding hydrogens is 406 g/mol. The summed E-state index contributed by atoms with van der Waals surface area (Å²) in [5.74, 6) is 0.687. The molecule has 2 rings (SSSR count). The highest BCUT2D eigenvalue weighted by Crippen LogP contribution is 2.32. The molecule has 2 aromatic rings. The third kappa shape index (κ3) is 8.32. The molecule has 0 saturated heterocycles. The lowest BCUT2D eigenvalue weighted by atomic mass is 10.1. The van der Waals surface area contributed by atoms with Gasteiger partial charge in [-0.1, -0.05) is 77.1 Å². The van der Waals surface area contributed by atoms with Crippen molar-refractivity contribution in [1.82, 2.24) is 4.57 Å². The number of nitrogens with zero attached hydrogens (tertiary/aromatic N) is 2. The van der Waals surface area contributed by atoms with E-state index >= 15 is 0 Å². The summed E-state index contributed by atoms with van der Waals surface area (Å²) in [5, 5.41) is 2.96. The van der Waals surface area contributed by atoms with E-state index in [0.29, 0.717) is 6.61 Å². The maximum absolute atomic E-state index is 11.8. The maximum Gasteiger partial charge on any atom is 0.221 e. The van der Waals surface area contributed by atoms with Crippen molar-refractivity contribution in [2.45, 2.75) is 98.4 Å². The zero-order valence-corrected chi connectivity index (χ0v) is 20.8. The number of benzene rings is 1. The first kappa shape index (κ1) is 25.4. The first-order valence-electron chi connectivity index (χ1n) is 12.2. The summed E-state index contributed by atoms with van der Waals surface area (Å²) in [6.07, 6.45) is 11.9. The van der Waals surface area contributed by atoms with Crippen molar-refractivity contribution in [2.75, 3.05) is 18.5 Å². The molecule has 0 radical (unpaired) electrons. The van der Waals surface area contributed by atoms with Crippen LogP contribution in [0, 0.1) is 0 Å². The number of aromatic nitrogens is 1. The molecule has 174 valence electrons. The van der Waals surface area contributed by atoms with Crippen LogP contribution in [0.1, 0.15) is 91.9 Å². The van der Waals surface area contributed by atoms with E-state index in [1.54, 1.807) is 18.3 Å². The Balaban J connectivity index is 2.28. The summed E-state index contributed by atoms with van der Waals surface area (Å²) in [4.78, 5) is 17.7. The number of hydrogen-bond acceptors (Lipinski definition) is 4. The lowest BCUT2D eigenvalue weighted by Crippen LogP contribution is -2.15. The summed E-state index contributed by atoms with van der Waals surface area (Å²) in [6.45, 7) is 10.7. The minimum atomic E-state index is -0.0768. The van der Waals surface area contributed by atoms with Gasteiger partial charge in [0.05, 0.1) is 22.5 Å². The fourth-order valence-corrected chi connectivity index (χ4v) is 4.66. The molecule has 1 aromatic carbocycles. The van der Waals surface area contributed by atoms with Crippen molar-refractivity contribution in [3.8, 4) is 5.75 Å². The van der Waals surface area contributed by atoms with Crippen LogP contribution >= 0.6 is 11.3 Å². The number of carbonyl (C=O) groups excluding carboxylic acids is 1. The molecule has 1 amide bonds. The monoisotopic (exact) mass is 447 g/mol. The molecule has 0 bridgehead atoms. The Morgan fingerprint density at radius 3 is 2.42 bits per heavy atom. The minimum absolute atomic E-state index is 0.0768. The van der Waals surface area contributed by atoms with Crippen LogP contribution < -0.4 is 14.9 Å². The smallest absolute Gasteiger partial charge is 0.221 e. The number of rotatable bonds is 15. The Labute approximate surface area is 191 Å². The predicted octanol–water partition coefficient (Wildman–Crippen LogP) is 6.90. The van der Waals surface area contributed by atoms with E-state index in [1.165, 1.54) is 32.1 Å². The van der Waals surface area contributed by atoms with Gasteiger partial charge < -0.3 is 14.6 Å². The average Bonchev–Trinajstić information content (AvgIpc) is 3.07. The van der Waals surface area contributed by atoms with Crippen molar-refractivity contribution in [2.24, 2.45) is 4.99 Å². The van der Waals surface area contributed by atoms with Gasteiger partial charge in [0.25, 0.3) is 0 Å². The second kappa shape index (κ2) is 14.3. The van der Waals surface area contributed by atoms with Crippen molar-refractivity contribution in [1.29, 1.82) is 0 Å². The van der Waals surface area contributed by atoms with Crippen LogP contribution in [-0.4, -0.2) is 23.6 Å². The molecule has 6 heteroatoms. The number of hydrogen-bond donors (Lipinski definition) is 1. The van der Waals surface area contributed by atoms with Gasteiger partial charge in [-0.2, -0.15) is 0 Å². The van der Waals surface area contributed by atoms with E-state index in [0.717, 1.165) is 71.6 Å². The number of amides is 1. The van der Waals surface area contributed by atoms with Crippen LogP contribution in [0.25, 0.3) is 10.2 Å². The number of carbonyl (C=O) groups is 1. The van der Waals surface area contributed by atoms with E-state index in [-0.39, 0.29) is 5.91 Å². The fourth-order valence-electron chi connectivity index (χ4n) is 3.55. The topological polar surface area (TPSA) is 55.6 Å². The Kier molecular flexibility index (Phi) is 11.7. The molecule has 0 aliphatic rings. The van der Waals surface area contributed by atoms with Gasteiger partial charge >= 0.3 is 0 Å². The number of aryl methyl sites for hydroxylation is 1. The van der Waals surface area contributed by atoms with Crippen molar-refractivity contribution in [3.05, 3.63) is 16.9 Å². The summed E-state index contributed by atoms with van der Waals surface area (Å²) in [6, 6.07) is 4.15. The molecule has 5 nitrogen and oxygen atoms in total. The number of ether oxygens (including phenoxy) is 1. The molecule has 1 N–H and O–H groups in total. The molecule has 31 heavy (non-hydrogen) atoms. The number of anilines is 1. The third-order valence-corrected chi connectivity index (χ3v) is 6.42. The number of unbranched alkanes of at least 4 members (excludes halogenated alkanes) is 7. The Bertz CT molecular complexity index is 870. The summed E-state index contributed by atoms with van der Waals surface area (Å²) in [7, 11) is 0. The largest absolute Gasteiger partial charge is 0.491 e. The normalized spacial score (nSPS) is 11.9. The van der Waals surface area contributed by atoms with E-state index < -0.39 is 0 Å². The SMILES string of the molecule is CCCCCCCCOc1cc2c(cc1NC(C)=O)sc(=NCCCC)n2CCCC. The molecule has 0 fully saturated rings. The van der Waals surface area contributed by atoms with Crippen LogP contribution in [-0.2, 0) is 11.3 Å². The molecule has 0 aliphatic carbocycles. The first-order chi connectivity index (χ1) is 15.1.